The SMILES string of the molecule is CC(C)c1ccc2c(N)c(C(=O)Nc3nc(-c4ccc(F)cc4)cs3)sc2n1. The molecule has 0 atom stereocenters. The lowest BCUT2D eigenvalue weighted by Crippen LogP contribution is -2.11. The van der Waals surface area contributed by atoms with Gasteiger partial charge in [-0.2, -0.15) is 0 Å². The normalized spacial score (nSPS) is 11.3. The number of thiophene rings is 1. The van der Waals surface area contributed by atoms with Crippen LogP contribution in [0.25, 0.3) is 21.5 Å². The molecule has 4 rings (SSSR count). The highest BCUT2D eigenvalue weighted by atomic mass is 32.1. The Morgan fingerprint density at radius 3 is 2.61 bits per heavy atom. The minimum Gasteiger partial charge on any atom is -0.397 e. The van der Waals surface area contributed by atoms with Gasteiger partial charge >= 0.3 is 0 Å². The quantitative estimate of drug-likeness (QED) is 0.463. The first-order valence-electron chi connectivity index (χ1n) is 8.64. The molecule has 4 aromatic rings. The number of hydrogen-bond acceptors (Lipinski definition) is 6. The summed E-state index contributed by atoms with van der Waals surface area (Å²) < 4.78 is 13.1. The van der Waals surface area contributed by atoms with Crippen LogP contribution in [0.1, 0.15) is 35.1 Å². The molecule has 5 nitrogen and oxygen atoms in total. The van der Waals surface area contributed by atoms with Crippen LogP contribution in [0.15, 0.2) is 41.8 Å². The van der Waals surface area contributed by atoms with E-state index in [1.54, 1.807) is 12.1 Å². The third-order valence-electron chi connectivity index (χ3n) is 4.28. The third-order valence-corrected chi connectivity index (χ3v) is 6.15. The van der Waals surface area contributed by atoms with E-state index in [1.165, 1.54) is 34.8 Å². The molecule has 28 heavy (non-hydrogen) atoms. The zero-order valence-corrected chi connectivity index (χ0v) is 16.8. The predicted octanol–water partition coefficient (Wildman–Crippen LogP) is 5.52. The number of rotatable bonds is 4. The molecular weight excluding hydrogens is 395 g/mol. The Bertz CT molecular complexity index is 1160. The van der Waals surface area contributed by atoms with Crippen molar-refractivity contribution in [2.24, 2.45) is 0 Å². The number of carbonyl (C=O) groups is 1. The van der Waals surface area contributed by atoms with Gasteiger partial charge in [0.1, 0.15) is 15.5 Å². The number of pyridine rings is 1. The summed E-state index contributed by atoms with van der Waals surface area (Å²) >= 11 is 2.58. The average Bonchev–Trinajstić information content (AvgIpc) is 3.27. The Hall–Kier alpha value is -2.84. The Kier molecular flexibility index (Phi) is 4.82. The summed E-state index contributed by atoms with van der Waals surface area (Å²) in [6.07, 6.45) is 0. The number of carbonyl (C=O) groups excluding carboxylic acids is 1. The number of nitrogen functional groups attached to an aromatic ring is 1. The van der Waals surface area contributed by atoms with Gasteiger partial charge in [0.2, 0.25) is 0 Å². The van der Waals surface area contributed by atoms with Crippen LogP contribution in [0.4, 0.5) is 15.2 Å². The fraction of sp³-hybridized carbons (Fsp3) is 0.150. The molecule has 0 spiro atoms. The molecule has 3 aromatic heterocycles. The Balaban J connectivity index is 1.58. The molecule has 0 fully saturated rings. The predicted molar refractivity (Wildman–Crippen MR) is 114 cm³/mol. The van der Waals surface area contributed by atoms with Crippen LogP contribution in [0, 0.1) is 5.82 Å². The zero-order chi connectivity index (χ0) is 19.8. The largest absolute Gasteiger partial charge is 0.397 e. The van der Waals surface area contributed by atoms with Crippen LogP contribution in [-0.4, -0.2) is 15.9 Å². The molecule has 0 aliphatic heterocycles. The van der Waals surface area contributed by atoms with E-state index in [2.05, 4.69) is 29.1 Å². The second kappa shape index (κ2) is 7.29. The molecule has 3 heterocycles. The van der Waals surface area contributed by atoms with Crippen LogP contribution in [0.5, 0.6) is 0 Å². The van der Waals surface area contributed by atoms with Gasteiger partial charge in [-0.1, -0.05) is 13.8 Å². The van der Waals surface area contributed by atoms with Crippen molar-refractivity contribution in [2.45, 2.75) is 19.8 Å². The fourth-order valence-electron chi connectivity index (χ4n) is 2.74. The second-order valence-electron chi connectivity index (χ2n) is 6.59. The second-order valence-corrected chi connectivity index (χ2v) is 8.44. The summed E-state index contributed by atoms with van der Waals surface area (Å²) in [5.41, 5.74) is 9.03. The number of fused-ring (bicyclic) bond motifs is 1. The van der Waals surface area contributed by atoms with E-state index >= 15 is 0 Å². The summed E-state index contributed by atoms with van der Waals surface area (Å²) in [6, 6.07) is 9.91. The first-order chi connectivity index (χ1) is 13.4. The molecule has 0 aliphatic carbocycles. The Morgan fingerprint density at radius 1 is 1.14 bits per heavy atom. The highest BCUT2D eigenvalue weighted by molar-refractivity contribution is 7.21. The number of nitrogens with two attached hydrogens (primary N) is 1. The third kappa shape index (κ3) is 3.48. The zero-order valence-electron chi connectivity index (χ0n) is 15.2. The van der Waals surface area contributed by atoms with E-state index in [0.29, 0.717) is 27.3 Å². The molecule has 8 heteroatoms. The van der Waals surface area contributed by atoms with Crippen molar-refractivity contribution in [3.63, 3.8) is 0 Å². The summed E-state index contributed by atoms with van der Waals surface area (Å²) in [7, 11) is 0. The standard InChI is InChI=1S/C20H17FN4OS2/c1-10(2)14-8-7-13-16(22)17(28-19(13)23-14)18(26)25-20-24-15(9-27-20)11-3-5-12(21)6-4-11/h3-10H,22H2,1-2H3,(H,24,25,26). The van der Waals surface area contributed by atoms with Crippen molar-refractivity contribution in [3.8, 4) is 11.3 Å². The minimum absolute atomic E-state index is 0.296. The van der Waals surface area contributed by atoms with E-state index in [4.69, 9.17) is 5.73 Å². The summed E-state index contributed by atoms with van der Waals surface area (Å²) in [5, 5.41) is 5.85. The molecule has 0 unspecified atom stereocenters. The van der Waals surface area contributed by atoms with E-state index in [1.807, 2.05) is 17.5 Å². The van der Waals surface area contributed by atoms with E-state index in [-0.39, 0.29) is 11.7 Å². The molecule has 3 N–H and O–H groups in total. The fourth-order valence-corrected chi connectivity index (χ4v) is 4.45. The van der Waals surface area contributed by atoms with Crippen molar-refractivity contribution in [2.75, 3.05) is 11.1 Å². The lowest BCUT2D eigenvalue weighted by Gasteiger charge is -2.03. The number of aromatic nitrogens is 2. The van der Waals surface area contributed by atoms with Gasteiger partial charge in [0.05, 0.1) is 11.4 Å². The topological polar surface area (TPSA) is 80.9 Å². The van der Waals surface area contributed by atoms with Crippen molar-refractivity contribution in [3.05, 3.63) is 58.2 Å². The van der Waals surface area contributed by atoms with Crippen molar-refractivity contribution >= 4 is 49.6 Å². The lowest BCUT2D eigenvalue weighted by molar-refractivity contribution is 0.103. The van der Waals surface area contributed by atoms with Crippen LogP contribution in [0.3, 0.4) is 0 Å². The molecule has 0 bridgehead atoms. The van der Waals surface area contributed by atoms with E-state index < -0.39 is 0 Å². The number of amides is 1. The van der Waals surface area contributed by atoms with Gasteiger partial charge in [0.25, 0.3) is 5.91 Å². The number of anilines is 2. The van der Waals surface area contributed by atoms with Crippen LogP contribution >= 0.6 is 22.7 Å². The van der Waals surface area contributed by atoms with Gasteiger partial charge in [-0.05, 0) is 42.3 Å². The minimum atomic E-state index is -0.313. The number of nitrogens with zero attached hydrogens (tertiary/aromatic N) is 2. The number of hydrogen-bond donors (Lipinski definition) is 2. The number of halogens is 1. The number of benzene rings is 1. The molecule has 0 saturated heterocycles. The van der Waals surface area contributed by atoms with Crippen molar-refractivity contribution in [1.82, 2.24) is 9.97 Å². The molecular formula is C20H17FN4OS2. The van der Waals surface area contributed by atoms with Gasteiger partial charge < -0.3 is 5.73 Å². The monoisotopic (exact) mass is 412 g/mol. The van der Waals surface area contributed by atoms with Gasteiger partial charge in [-0.3, -0.25) is 10.1 Å². The molecule has 0 radical (unpaired) electrons. The first-order valence-corrected chi connectivity index (χ1v) is 10.3. The van der Waals surface area contributed by atoms with Gasteiger partial charge in [0.15, 0.2) is 5.13 Å². The van der Waals surface area contributed by atoms with Crippen LogP contribution < -0.4 is 11.1 Å². The van der Waals surface area contributed by atoms with Gasteiger partial charge in [-0.15, -0.1) is 22.7 Å². The summed E-state index contributed by atoms with van der Waals surface area (Å²) in [5.74, 6) is -0.321. The highest BCUT2D eigenvalue weighted by Crippen LogP contribution is 2.34. The van der Waals surface area contributed by atoms with Crippen LogP contribution in [-0.2, 0) is 0 Å². The first kappa shape index (κ1) is 18.5. The van der Waals surface area contributed by atoms with Crippen LogP contribution in [0.2, 0.25) is 0 Å². The molecule has 142 valence electrons. The molecule has 1 amide bonds. The smallest absolute Gasteiger partial charge is 0.269 e. The maximum absolute atomic E-state index is 13.1. The average molecular weight is 413 g/mol. The van der Waals surface area contributed by atoms with E-state index in [9.17, 15) is 9.18 Å². The van der Waals surface area contributed by atoms with Crippen molar-refractivity contribution in [1.29, 1.82) is 0 Å². The summed E-state index contributed by atoms with van der Waals surface area (Å²) in [6.45, 7) is 4.14. The molecule has 0 saturated carbocycles. The maximum atomic E-state index is 13.1. The Labute approximate surface area is 169 Å². The van der Waals surface area contributed by atoms with Gasteiger partial charge in [0, 0.05) is 22.0 Å². The lowest BCUT2D eigenvalue weighted by atomic mass is 10.1. The highest BCUT2D eigenvalue weighted by Gasteiger charge is 2.19. The summed E-state index contributed by atoms with van der Waals surface area (Å²) in [4.78, 5) is 22.9. The number of thiazole rings is 1. The number of nitrogens with one attached hydrogen (secondary N) is 1. The molecule has 1 aromatic carbocycles. The molecule has 0 aliphatic rings. The maximum Gasteiger partial charge on any atom is 0.269 e. The Morgan fingerprint density at radius 2 is 1.89 bits per heavy atom. The van der Waals surface area contributed by atoms with Gasteiger partial charge in [-0.25, -0.2) is 14.4 Å². The van der Waals surface area contributed by atoms with E-state index in [0.717, 1.165) is 21.5 Å². The van der Waals surface area contributed by atoms with Crippen molar-refractivity contribution < 1.29 is 9.18 Å².